The van der Waals surface area contributed by atoms with Crippen molar-refractivity contribution < 1.29 is 23.8 Å². The van der Waals surface area contributed by atoms with Gasteiger partial charge in [-0.25, -0.2) is 8.78 Å². The third-order valence-corrected chi connectivity index (χ3v) is 2.31. The van der Waals surface area contributed by atoms with Crippen molar-refractivity contribution in [1.29, 1.82) is 0 Å². The molecule has 0 saturated heterocycles. The van der Waals surface area contributed by atoms with Crippen LogP contribution >= 0.6 is 0 Å². The highest BCUT2D eigenvalue weighted by Gasteiger charge is 2.22. The van der Waals surface area contributed by atoms with Crippen LogP contribution in [0.25, 0.3) is 0 Å². The number of nitrogen functional groups attached to an aromatic ring is 1. The van der Waals surface area contributed by atoms with Crippen LogP contribution in [0.5, 0.6) is 5.75 Å². The Morgan fingerprint density at radius 3 is 2.67 bits per heavy atom. The maximum Gasteiger partial charge on any atom is 0.257 e. The van der Waals surface area contributed by atoms with Crippen molar-refractivity contribution >= 4 is 11.6 Å². The molecule has 0 bridgehead atoms. The van der Waals surface area contributed by atoms with Crippen LogP contribution in [0.1, 0.15) is 10.4 Å². The minimum absolute atomic E-state index is 0.0122. The van der Waals surface area contributed by atoms with Gasteiger partial charge < -0.3 is 20.8 Å². The maximum atomic E-state index is 12.3. The Morgan fingerprint density at radius 1 is 1.44 bits per heavy atom. The topological polar surface area (TPSA) is 86.8 Å². The molecule has 1 amide bonds. The number of phenols is 1. The molecule has 0 spiro atoms. The van der Waals surface area contributed by atoms with E-state index in [0.29, 0.717) is 0 Å². The van der Waals surface area contributed by atoms with Gasteiger partial charge >= 0.3 is 0 Å². The lowest BCUT2D eigenvalue weighted by molar-refractivity contribution is 0.0506. The van der Waals surface area contributed by atoms with Gasteiger partial charge in [0.05, 0.1) is 24.4 Å². The van der Waals surface area contributed by atoms with Gasteiger partial charge in [0.15, 0.2) is 5.75 Å². The van der Waals surface area contributed by atoms with Crippen molar-refractivity contribution in [3.8, 4) is 5.75 Å². The number of phenolic OH excluding ortho intramolecular Hbond substituents is 1. The van der Waals surface area contributed by atoms with Gasteiger partial charge in [-0.1, -0.05) is 6.07 Å². The molecule has 100 valence electrons. The van der Waals surface area contributed by atoms with Crippen LogP contribution in [-0.2, 0) is 0 Å². The van der Waals surface area contributed by atoms with Crippen molar-refractivity contribution in [1.82, 2.24) is 4.90 Å². The first-order chi connectivity index (χ1) is 8.47. The highest BCUT2D eigenvalue weighted by molar-refractivity contribution is 5.98. The summed E-state index contributed by atoms with van der Waals surface area (Å²) in [5.74, 6) is -1.24. The molecule has 0 fully saturated rings. The second kappa shape index (κ2) is 6.15. The maximum absolute atomic E-state index is 12.3. The molecule has 1 aromatic carbocycles. The summed E-state index contributed by atoms with van der Waals surface area (Å²) in [7, 11) is 0. The highest BCUT2D eigenvalue weighted by atomic mass is 19.3. The third kappa shape index (κ3) is 3.30. The van der Waals surface area contributed by atoms with E-state index in [-0.39, 0.29) is 17.8 Å². The molecule has 4 N–H and O–H groups in total. The normalized spacial score (nSPS) is 10.7. The number of carbonyl (C=O) groups excluding carboxylic acids is 1. The standard InChI is InChI=1S/C11H14F2N2O3/c12-9(13)6-15(4-5-16)11(18)7-2-1-3-8(14)10(7)17/h1-3,9,16-17H,4-6,14H2. The van der Waals surface area contributed by atoms with Crippen molar-refractivity contribution in [2.24, 2.45) is 0 Å². The van der Waals surface area contributed by atoms with Crippen LogP contribution in [-0.4, -0.2) is 47.1 Å². The number of carbonyl (C=O) groups is 1. The van der Waals surface area contributed by atoms with Crippen LogP contribution < -0.4 is 5.73 Å². The minimum atomic E-state index is -2.72. The number of para-hydroxylation sites is 1. The van der Waals surface area contributed by atoms with Gasteiger partial charge in [0.1, 0.15) is 0 Å². The first-order valence-corrected chi connectivity index (χ1v) is 5.23. The Labute approximate surface area is 102 Å². The fourth-order valence-corrected chi connectivity index (χ4v) is 1.47. The average Bonchev–Trinajstić information content (AvgIpc) is 2.31. The molecule has 0 radical (unpaired) electrons. The Bertz CT molecular complexity index is 427. The highest BCUT2D eigenvalue weighted by Crippen LogP contribution is 2.25. The first kappa shape index (κ1) is 14.2. The molecule has 0 saturated carbocycles. The van der Waals surface area contributed by atoms with E-state index in [1.54, 1.807) is 0 Å². The van der Waals surface area contributed by atoms with E-state index in [0.717, 1.165) is 4.90 Å². The number of benzene rings is 1. The largest absolute Gasteiger partial charge is 0.505 e. The zero-order valence-electron chi connectivity index (χ0n) is 9.51. The Balaban J connectivity index is 2.98. The van der Waals surface area contributed by atoms with Crippen molar-refractivity contribution in [3.63, 3.8) is 0 Å². The summed E-state index contributed by atoms with van der Waals surface area (Å²) in [6, 6.07) is 4.10. The molecule has 0 aliphatic heterocycles. The van der Waals surface area contributed by atoms with E-state index in [1.807, 2.05) is 0 Å². The summed E-state index contributed by atoms with van der Waals surface area (Å²) in [6.45, 7) is -1.49. The van der Waals surface area contributed by atoms with E-state index in [1.165, 1.54) is 18.2 Å². The van der Waals surface area contributed by atoms with E-state index >= 15 is 0 Å². The van der Waals surface area contributed by atoms with Gasteiger partial charge in [-0.15, -0.1) is 0 Å². The number of amides is 1. The fourth-order valence-electron chi connectivity index (χ4n) is 1.47. The van der Waals surface area contributed by atoms with E-state index < -0.39 is 31.2 Å². The Hall–Kier alpha value is -1.89. The van der Waals surface area contributed by atoms with Gasteiger partial charge in [0.25, 0.3) is 12.3 Å². The number of nitrogens with two attached hydrogens (primary N) is 1. The molecule has 0 aliphatic rings. The van der Waals surface area contributed by atoms with Crippen molar-refractivity contribution in [2.45, 2.75) is 6.43 Å². The molecular formula is C11H14F2N2O3. The van der Waals surface area contributed by atoms with Crippen LogP contribution in [0.15, 0.2) is 18.2 Å². The SMILES string of the molecule is Nc1cccc(C(=O)N(CCO)CC(F)F)c1O. The van der Waals surface area contributed by atoms with Gasteiger partial charge in [0.2, 0.25) is 0 Å². The third-order valence-electron chi connectivity index (χ3n) is 2.31. The number of aromatic hydroxyl groups is 1. The number of anilines is 1. The first-order valence-electron chi connectivity index (χ1n) is 5.23. The molecule has 0 heterocycles. The predicted molar refractivity (Wildman–Crippen MR) is 61.5 cm³/mol. The number of hydrogen-bond donors (Lipinski definition) is 3. The molecular weight excluding hydrogens is 246 g/mol. The van der Waals surface area contributed by atoms with Gasteiger partial charge in [0, 0.05) is 6.54 Å². The average molecular weight is 260 g/mol. The summed E-state index contributed by atoms with van der Waals surface area (Å²) in [5.41, 5.74) is 5.24. The lowest BCUT2D eigenvalue weighted by Crippen LogP contribution is -2.37. The lowest BCUT2D eigenvalue weighted by atomic mass is 10.1. The molecule has 18 heavy (non-hydrogen) atoms. The quantitative estimate of drug-likeness (QED) is 0.536. The van der Waals surface area contributed by atoms with Gasteiger partial charge in [-0.3, -0.25) is 4.79 Å². The monoisotopic (exact) mass is 260 g/mol. The molecule has 1 rings (SSSR count). The van der Waals surface area contributed by atoms with Crippen LogP contribution in [0.4, 0.5) is 14.5 Å². The van der Waals surface area contributed by atoms with Crippen LogP contribution in [0.2, 0.25) is 0 Å². The molecule has 7 heteroatoms. The Kier molecular flexibility index (Phi) is 4.85. The second-order valence-electron chi connectivity index (χ2n) is 3.61. The van der Waals surface area contributed by atoms with E-state index in [9.17, 15) is 18.7 Å². The summed E-state index contributed by atoms with van der Waals surface area (Å²) < 4.78 is 24.6. The Morgan fingerprint density at radius 2 is 2.11 bits per heavy atom. The van der Waals surface area contributed by atoms with Gasteiger partial charge in [-0.05, 0) is 12.1 Å². The summed E-state index contributed by atoms with van der Waals surface area (Å²) >= 11 is 0. The van der Waals surface area contributed by atoms with Crippen molar-refractivity contribution in [3.05, 3.63) is 23.8 Å². The molecule has 0 unspecified atom stereocenters. The number of halogens is 2. The summed E-state index contributed by atoms with van der Waals surface area (Å²) in [5, 5.41) is 18.3. The number of aliphatic hydroxyl groups excluding tert-OH is 1. The molecule has 0 aromatic heterocycles. The van der Waals surface area contributed by atoms with E-state index in [2.05, 4.69) is 0 Å². The van der Waals surface area contributed by atoms with Crippen molar-refractivity contribution in [2.75, 3.05) is 25.4 Å². The van der Waals surface area contributed by atoms with Gasteiger partial charge in [-0.2, -0.15) is 0 Å². The molecule has 5 nitrogen and oxygen atoms in total. The smallest absolute Gasteiger partial charge is 0.257 e. The number of aliphatic hydroxyl groups is 1. The number of alkyl halides is 2. The zero-order chi connectivity index (χ0) is 13.7. The van der Waals surface area contributed by atoms with Crippen LogP contribution in [0.3, 0.4) is 0 Å². The number of hydrogen-bond acceptors (Lipinski definition) is 4. The molecule has 0 aliphatic carbocycles. The van der Waals surface area contributed by atoms with Crippen LogP contribution in [0, 0.1) is 0 Å². The number of nitrogens with zero attached hydrogens (tertiary/aromatic N) is 1. The second-order valence-corrected chi connectivity index (χ2v) is 3.61. The predicted octanol–water partition coefficient (Wildman–Crippen LogP) is 0.674. The summed E-state index contributed by atoms with van der Waals surface area (Å²) in [4.78, 5) is 12.7. The fraction of sp³-hybridized carbons (Fsp3) is 0.364. The van der Waals surface area contributed by atoms with E-state index in [4.69, 9.17) is 10.8 Å². The molecule has 0 atom stereocenters. The molecule has 1 aromatic rings. The zero-order valence-corrected chi connectivity index (χ0v) is 9.51. The lowest BCUT2D eigenvalue weighted by Gasteiger charge is -2.21. The minimum Gasteiger partial charge on any atom is -0.505 e. The summed E-state index contributed by atoms with van der Waals surface area (Å²) in [6.07, 6.45) is -2.72. The number of rotatable bonds is 5.